The molecule has 2 amide bonds. The lowest BCUT2D eigenvalue weighted by Gasteiger charge is -2.56. The first-order valence-corrected chi connectivity index (χ1v) is 10.0. The van der Waals surface area contributed by atoms with E-state index in [0.717, 1.165) is 24.8 Å². The Balaban J connectivity index is 1.50. The van der Waals surface area contributed by atoms with Gasteiger partial charge in [-0.3, -0.25) is 9.59 Å². The van der Waals surface area contributed by atoms with Crippen molar-refractivity contribution in [3.63, 3.8) is 0 Å². The highest BCUT2D eigenvalue weighted by molar-refractivity contribution is 6.32. The fraction of sp³-hybridized carbons (Fsp3) is 0.600. The second kappa shape index (κ2) is 7.32. The van der Waals surface area contributed by atoms with E-state index in [9.17, 15) is 19.8 Å². The number of carbonyl (C=O) groups is 2. The molecule has 4 rings (SSSR count). The Hall–Kier alpha value is -1.79. The molecule has 146 valence electrons. The molecule has 4 atom stereocenters. The van der Waals surface area contributed by atoms with Crippen LogP contribution in [-0.4, -0.2) is 63.6 Å². The molecule has 3 aliphatic heterocycles. The Kier molecular flexibility index (Phi) is 5.03. The molecule has 6 nitrogen and oxygen atoms in total. The Morgan fingerprint density at radius 1 is 1.26 bits per heavy atom. The minimum atomic E-state index is -0.183. The Bertz CT molecular complexity index is 741. The van der Waals surface area contributed by atoms with Gasteiger partial charge < -0.3 is 20.0 Å². The number of carbonyl (C=O) groups excluding carboxylic acids is 2. The molecule has 0 aliphatic carbocycles. The summed E-state index contributed by atoms with van der Waals surface area (Å²) in [5.74, 6) is 0.591. The number of piperidine rings is 3. The van der Waals surface area contributed by atoms with E-state index in [1.165, 1.54) is 6.07 Å². The summed E-state index contributed by atoms with van der Waals surface area (Å²) in [6, 6.07) is 4.79. The molecule has 27 heavy (non-hydrogen) atoms. The molecule has 1 aromatic carbocycles. The van der Waals surface area contributed by atoms with Crippen molar-refractivity contribution in [2.24, 2.45) is 11.8 Å². The van der Waals surface area contributed by atoms with Gasteiger partial charge in [-0.25, -0.2) is 0 Å². The van der Waals surface area contributed by atoms with E-state index in [0.29, 0.717) is 19.5 Å². The third-order valence-corrected chi connectivity index (χ3v) is 6.71. The SMILES string of the molecule is O=C(Cc1ccc(O)c(Cl)c1)N1C[C@H]2C[C@@H](C1)[C@H](CO)N1C(=O)CCC[C@@H]21. The average Bonchev–Trinajstić information content (AvgIpc) is 2.65. The van der Waals surface area contributed by atoms with Crippen LogP contribution in [0.5, 0.6) is 5.75 Å². The maximum Gasteiger partial charge on any atom is 0.227 e. The van der Waals surface area contributed by atoms with Gasteiger partial charge in [0, 0.05) is 25.6 Å². The number of hydrogen-bond acceptors (Lipinski definition) is 4. The maximum atomic E-state index is 12.9. The van der Waals surface area contributed by atoms with E-state index in [-0.39, 0.29) is 59.5 Å². The van der Waals surface area contributed by atoms with Crippen molar-refractivity contribution in [3.05, 3.63) is 28.8 Å². The lowest BCUT2D eigenvalue weighted by Crippen LogP contribution is -2.66. The van der Waals surface area contributed by atoms with E-state index < -0.39 is 0 Å². The van der Waals surface area contributed by atoms with Gasteiger partial charge in [-0.1, -0.05) is 17.7 Å². The number of likely N-dealkylation sites (tertiary alicyclic amines) is 1. The van der Waals surface area contributed by atoms with E-state index in [2.05, 4.69) is 0 Å². The lowest BCUT2D eigenvalue weighted by molar-refractivity contribution is -0.158. The van der Waals surface area contributed by atoms with E-state index >= 15 is 0 Å². The first-order chi connectivity index (χ1) is 13.0. The summed E-state index contributed by atoms with van der Waals surface area (Å²) in [5, 5.41) is 19.7. The summed E-state index contributed by atoms with van der Waals surface area (Å²) in [5.41, 5.74) is 0.770. The smallest absolute Gasteiger partial charge is 0.227 e. The first kappa shape index (κ1) is 18.6. The predicted octanol–water partition coefficient (Wildman–Crippen LogP) is 1.81. The highest BCUT2D eigenvalue weighted by atomic mass is 35.5. The molecule has 2 bridgehead atoms. The summed E-state index contributed by atoms with van der Waals surface area (Å²) in [4.78, 5) is 29.2. The van der Waals surface area contributed by atoms with Crippen LogP contribution in [-0.2, 0) is 16.0 Å². The Morgan fingerprint density at radius 3 is 2.78 bits per heavy atom. The second-order valence-corrected chi connectivity index (χ2v) is 8.43. The van der Waals surface area contributed by atoms with Crippen LogP contribution in [0, 0.1) is 11.8 Å². The Morgan fingerprint density at radius 2 is 2.04 bits per heavy atom. The number of amides is 2. The molecule has 0 spiro atoms. The first-order valence-electron chi connectivity index (χ1n) is 9.65. The third kappa shape index (κ3) is 3.41. The zero-order valence-corrected chi connectivity index (χ0v) is 15.9. The monoisotopic (exact) mass is 392 g/mol. The lowest BCUT2D eigenvalue weighted by atomic mass is 9.72. The number of rotatable bonds is 3. The quantitative estimate of drug-likeness (QED) is 0.822. The van der Waals surface area contributed by atoms with Crippen molar-refractivity contribution < 1.29 is 19.8 Å². The van der Waals surface area contributed by atoms with E-state index in [1.54, 1.807) is 12.1 Å². The number of halogens is 1. The number of benzene rings is 1. The van der Waals surface area contributed by atoms with Gasteiger partial charge >= 0.3 is 0 Å². The van der Waals surface area contributed by atoms with Crippen LogP contribution in [0.4, 0.5) is 0 Å². The van der Waals surface area contributed by atoms with Gasteiger partial charge in [0.2, 0.25) is 11.8 Å². The molecule has 1 aromatic rings. The van der Waals surface area contributed by atoms with Crippen LogP contribution in [0.2, 0.25) is 5.02 Å². The zero-order chi connectivity index (χ0) is 19.1. The Labute approximate surface area is 163 Å². The van der Waals surface area contributed by atoms with Gasteiger partial charge in [0.1, 0.15) is 5.75 Å². The fourth-order valence-corrected chi connectivity index (χ4v) is 5.36. The molecule has 3 aliphatic rings. The molecule has 3 saturated heterocycles. The minimum absolute atomic E-state index is 0.00761. The van der Waals surface area contributed by atoms with Gasteiger partial charge in [-0.2, -0.15) is 0 Å². The minimum Gasteiger partial charge on any atom is -0.506 e. The third-order valence-electron chi connectivity index (χ3n) is 6.40. The molecule has 0 unspecified atom stereocenters. The summed E-state index contributed by atoms with van der Waals surface area (Å²) in [6.07, 6.45) is 3.61. The summed E-state index contributed by atoms with van der Waals surface area (Å²) in [6.45, 7) is 1.19. The number of aliphatic hydroxyl groups excluding tert-OH is 1. The van der Waals surface area contributed by atoms with Crippen LogP contribution in [0.3, 0.4) is 0 Å². The topological polar surface area (TPSA) is 81.1 Å². The van der Waals surface area contributed by atoms with Crippen LogP contribution in [0.25, 0.3) is 0 Å². The van der Waals surface area contributed by atoms with Crippen molar-refractivity contribution >= 4 is 23.4 Å². The summed E-state index contributed by atoms with van der Waals surface area (Å²) in [7, 11) is 0. The van der Waals surface area contributed by atoms with Gasteiger partial charge in [-0.05, 0) is 48.8 Å². The number of aromatic hydroxyl groups is 1. The normalized spacial score (nSPS) is 30.2. The number of phenolic OH excluding ortho intramolecular Hbond substituents is 1. The van der Waals surface area contributed by atoms with Crippen LogP contribution in [0.15, 0.2) is 18.2 Å². The van der Waals surface area contributed by atoms with Crippen molar-refractivity contribution in [1.29, 1.82) is 0 Å². The van der Waals surface area contributed by atoms with E-state index in [4.69, 9.17) is 11.6 Å². The van der Waals surface area contributed by atoms with Crippen molar-refractivity contribution in [1.82, 2.24) is 9.80 Å². The number of phenols is 1. The van der Waals surface area contributed by atoms with Gasteiger partial charge in [0.05, 0.1) is 24.1 Å². The maximum absolute atomic E-state index is 12.9. The number of fused-ring (bicyclic) bond motifs is 4. The van der Waals surface area contributed by atoms with Gasteiger partial charge in [0.25, 0.3) is 0 Å². The summed E-state index contributed by atoms with van der Waals surface area (Å²) >= 11 is 5.95. The molecular weight excluding hydrogens is 368 g/mol. The second-order valence-electron chi connectivity index (χ2n) is 8.03. The average molecular weight is 393 g/mol. The molecule has 0 aromatic heterocycles. The van der Waals surface area contributed by atoms with Crippen LogP contribution in [0.1, 0.15) is 31.2 Å². The molecular formula is C20H25ClN2O4. The number of nitrogens with zero attached hydrogens (tertiary/aromatic N) is 2. The standard InChI is InChI=1S/C20H25ClN2O4/c21-15-6-12(4-5-18(15)25)7-20(27)22-9-13-8-14(10-22)17(11-24)23-16(13)2-1-3-19(23)26/h4-6,13-14,16-17,24-25H,1-3,7-11H2/t13-,14+,16+,17+/m1/s1. The fourth-order valence-electron chi connectivity index (χ4n) is 5.16. The molecule has 7 heteroatoms. The molecule has 0 radical (unpaired) electrons. The van der Waals surface area contributed by atoms with Crippen LogP contribution < -0.4 is 0 Å². The predicted molar refractivity (Wildman–Crippen MR) is 100 cm³/mol. The summed E-state index contributed by atoms with van der Waals surface area (Å²) < 4.78 is 0. The number of aliphatic hydroxyl groups is 1. The molecule has 2 N–H and O–H groups in total. The largest absolute Gasteiger partial charge is 0.506 e. The zero-order valence-electron chi connectivity index (χ0n) is 15.2. The number of hydrogen-bond donors (Lipinski definition) is 2. The van der Waals surface area contributed by atoms with Crippen molar-refractivity contribution in [2.45, 2.75) is 44.2 Å². The molecule has 0 saturated carbocycles. The van der Waals surface area contributed by atoms with E-state index in [1.807, 2.05) is 9.80 Å². The van der Waals surface area contributed by atoms with Gasteiger partial charge in [-0.15, -0.1) is 0 Å². The van der Waals surface area contributed by atoms with Gasteiger partial charge in [0.15, 0.2) is 0 Å². The molecule has 3 heterocycles. The molecule has 3 fully saturated rings. The highest BCUT2D eigenvalue weighted by Crippen LogP contribution is 2.41. The van der Waals surface area contributed by atoms with Crippen LogP contribution >= 0.6 is 11.6 Å². The van der Waals surface area contributed by atoms with Crippen molar-refractivity contribution in [3.8, 4) is 5.75 Å². The van der Waals surface area contributed by atoms with Crippen molar-refractivity contribution in [2.75, 3.05) is 19.7 Å². The highest BCUT2D eigenvalue weighted by Gasteiger charge is 2.49.